The number of hydrogen-bond donors (Lipinski definition) is 1. The van der Waals surface area contributed by atoms with Gasteiger partial charge in [0.05, 0.1) is 6.42 Å². The minimum absolute atomic E-state index is 0.150. The average molecular weight is 259 g/mol. The molecule has 1 aromatic carbocycles. The van der Waals surface area contributed by atoms with Gasteiger partial charge in [0.25, 0.3) is 5.95 Å². The highest BCUT2D eigenvalue weighted by molar-refractivity contribution is 5.90. The maximum absolute atomic E-state index is 11.7. The van der Waals surface area contributed by atoms with Gasteiger partial charge < -0.3 is 4.52 Å². The highest BCUT2D eigenvalue weighted by Crippen LogP contribution is 2.09. The number of benzene rings is 1. The Morgan fingerprint density at radius 3 is 2.63 bits per heavy atom. The van der Waals surface area contributed by atoms with Crippen LogP contribution in [0.4, 0.5) is 5.95 Å². The molecule has 2 aromatic rings. The normalized spacial score (nSPS) is 10.4. The molecule has 0 aliphatic rings. The number of carbonyl (C=O) groups is 1. The lowest BCUT2D eigenvalue weighted by Crippen LogP contribution is -2.15. The minimum Gasteiger partial charge on any atom is -0.341 e. The Morgan fingerprint density at radius 1 is 1.26 bits per heavy atom. The number of nitrogens with one attached hydrogen (secondary N) is 1. The van der Waals surface area contributed by atoms with Crippen molar-refractivity contribution < 1.29 is 9.32 Å². The molecule has 0 radical (unpaired) electrons. The van der Waals surface area contributed by atoms with Gasteiger partial charge in [0.15, 0.2) is 0 Å². The van der Waals surface area contributed by atoms with E-state index in [4.69, 9.17) is 0 Å². The van der Waals surface area contributed by atoms with E-state index in [1.807, 2.05) is 12.1 Å². The fourth-order valence-corrected chi connectivity index (χ4v) is 1.78. The lowest BCUT2D eigenvalue weighted by atomic mass is 10.0. The van der Waals surface area contributed by atoms with Crippen molar-refractivity contribution in [1.29, 1.82) is 0 Å². The fraction of sp³-hybridized carbons (Fsp3) is 0.357. The van der Waals surface area contributed by atoms with Crippen LogP contribution in [0, 0.1) is 0 Å². The Morgan fingerprint density at radius 2 is 2.00 bits per heavy atom. The van der Waals surface area contributed by atoms with Crippen molar-refractivity contribution in [3.63, 3.8) is 0 Å². The van der Waals surface area contributed by atoms with E-state index >= 15 is 0 Å². The van der Waals surface area contributed by atoms with Gasteiger partial charge in [-0.15, -0.1) is 0 Å². The zero-order valence-corrected chi connectivity index (χ0v) is 10.9. The van der Waals surface area contributed by atoms with Gasteiger partial charge in [0.2, 0.25) is 12.3 Å². The van der Waals surface area contributed by atoms with E-state index in [0.29, 0.717) is 6.42 Å². The first-order valence-electron chi connectivity index (χ1n) is 6.42. The molecule has 2 rings (SSSR count). The topological polar surface area (TPSA) is 68.0 Å². The molecular formula is C14H17N3O2. The van der Waals surface area contributed by atoms with E-state index in [2.05, 4.69) is 39.0 Å². The Bertz CT molecular complexity index is 506. The molecule has 0 aliphatic heterocycles. The monoisotopic (exact) mass is 259 g/mol. The highest BCUT2D eigenvalue weighted by Gasteiger charge is 2.06. The van der Waals surface area contributed by atoms with Crippen LogP contribution < -0.4 is 5.32 Å². The van der Waals surface area contributed by atoms with E-state index in [9.17, 15) is 4.79 Å². The zero-order chi connectivity index (χ0) is 13.5. The van der Waals surface area contributed by atoms with E-state index in [-0.39, 0.29) is 11.9 Å². The Kier molecular flexibility index (Phi) is 4.66. The third-order valence-corrected chi connectivity index (χ3v) is 2.82. The summed E-state index contributed by atoms with van der Waals surface area (Å²) in [7, 11) is 0. The number of aromatic nitrogens is 2. The number of amides is 1. The van der Waals surface area contributed by atoms with E-state index in [0.717, 1.165) is 12.0 Å². The van der Waals surface area contributed by atoms with E-state index in [1.54, 1.807) is 0 Å². The molecule has 0 bridgehead atoms. The molecule has 0 spiro atoms. The quantitative estimate of drug-likeness (QED) is 0.865. The average Bonchev–Trinajstić information content (AvgIpc) is 2.90. The number of unbranched alkanes of at least 4 members (excludes halogenated alkanes) is 1. The lowest BCUT2D eigenvalue weighted by Gasteiger charge is -2.03. The van der Waals surface area contributed by atoms with Crippen LogP contribution in [0.2, 0.25) is 0 Å². The van der Waals surface area contributed by atoms with Crippen LogP contribution in [0.15, 0.2) is 35.2 Å². The summed E-state index contributed by atoms with van der Waals surface area (Å²) in [6.07, 6.45) is 4.96. The van der Waals surface area contributed by atoms with E-state index < -0.39 is 0 Å². The SMILES string of the molecule is CCCCc1ccc(CC(=O)Nc2ncon2)cc1. The summed E-state index contributed by atoms with van der Waals surface area (Å²) in [6.45, 7) is 2.18. The van der Waals surface area contributed by atoms with E-state index in [1.165, 1.54) is 24.8 Å². The number of carbonyl (C=O) groups excluding carboxylic acids is 1. The smallest absolute Gasteiger partial charge is 0.269 e. The second-order valence-electron chi connectivity index (χ2n) is 4.40. The molecule has 1 heterocycles. The molecule has 5 heteroatoms. The third-order valence-electron chi connectivity index (χ3n) is 2.82. The molecule has 19 heavy (non-hydrogen) atoms. The molecule has 1 amide bonds. The van der Waals surface area contributed by atoms with Crippen molar-refractivity contribution in [2.24, 2.45) is 0 Å². The zero-order valence-electron chi connectivity index (χ0n) is 10.9. The van der Waals surface area contributed by atoms with Crippen LogP contribution in [0.5, 0.6) is 0 Å². The summed E-state index contributed by atoms with van der Waals surface area (Å²) in [5.74, 6) is 0.0484. The summed E-state index contributed by atoms with van der Waals surface area (Å²) < 4.78 is 4.54. The first kappa shape index (κ1) is 13.3. The molecule has 5 nitrogen and oxygen atoms in total. The number of anilines is 1. The predicted molar refractivity (Wildman–Crippen MR) is 71.7 cm³/mol. The fourth-order valence-electron chi connectivity index (χ4n) is 1.78. The van der Waals surface area contributed by atoms with Crippen LogP contribution in [-0.4, -0.2) is 16.0 Å². The van der Waals surface area contributed by atoms with Crippen molar-refractivity contribution in [3.05, 3.63) is 41.8 Å². The van der Waals surface area contributed by atoms with Gasteiger partial charge in [-0.05, 0) is 29.1 Å². The van der Waals surface area contributed by atoms with Crippen LogP contribution in [0.1, 0.15) is 30.9 Å². The highest BCUT2D eigenvalue weighted by atomic mass is 16.5. The number of hydrogen-bond acceptors (Lipinski definition) is 4. The minimum atomic E-state index is -0.150. The van der Waals surface area contributed by atoms with Crippen LogP contribution in [0.25, 0.3) is 0 Å². The number of nitrogens with zero attached hydrogens (tertiary/aromatic N) is 2. The maximum atomic E-state index is 11.7. The van der Waals surface area contributed by atoms with Crippen LogP contribution in [0.3, 0.4) is 0 Å². The Hall–Kier alpha value is -2.17. The van der Waals surface area contributed by atoms with Crippen molar-refractivity contribution in [2.75, 3.05) is 5.32 Å². The van der Waals surface area contributed by atoms with Crippen molar-refractivity contribution in [1.82, 2.24) is 10.1 Å². The van der Waals surface area contributed by atoms with Crippen molar-refractivity contribution in [3.8, 4) is 0 Å². The molecule has 0 saturated carbocycles. The Labute approximate surface area is 112 Å². The van der Waals surface area contributed by atoms with Crippen molar-refractivity contribution in [2.45, 2.75) is 32.6 Å². The molecular weight excluding hydrogens is 242 g/mol. The first-order chi connectivity index (χ1) is 9.28. The standard InChI is InChI=1S/C14H17N3O2/c1-2-3-4-11-5-7-12(8-6-11)9-13(18)16-14-15-10-19-17-14/h5-8,10H,2-4,9H2,1H3,(H,16,17,18). The summed E-state index contributed by atoms with van der Waals surface area (Å²) in [4.78, 5) is 15.4. The van der Waals surface area contributed by atoms with Crippen LogP contribution >= 0.6 is 0 Å². The predicted octanol–water partition coefficient (Wildman–Crippen LogP) is 2.59. The molecule has 1 N–H and O–H groups in total. The summed E-state index contributed by atoms with van der Waals surface area (Å²) in [5.41, 5.74) is 2.28. The summed E-state index contributed by atoms with van der Waals surface area (Å²) >= 11 is 0. The summed E-state index contributed by atoms with van der Waals surface area (Å²) in [6, 6.07) is 8.13. The number of rotatable bonds is 6. The Balaban J connectivity index is 1.86. The number of aryl methyl sites for hydroxylation is 1. The summed E-state index contributed by atoms with van der Waals surface area (Å²) in [5, 5.41) is 6.09. The first-order valence-corrected chi connectivity index (χ1v) is 6.42. The van der Waals surface area contributed by atoms with Gasteiger partial charge in [-0.25, -0.2) is 0 Å². The molecule has 100 valence electrons. The van der Waals surface area contributed by atoms with Gasteiger partial charge in [-0.1, -0.05) is 37.6 Å². The molecule has 0 aliphatic carbocycles. The van der Waals surface area contributed by atoms with Gasteiger partial charge >= 0.3 is 0 Å². The van der Waals surface area contributed by atoms with Gasteiger partial charge in [-0.3, -0.25) is 10.1 Å². The molecule has 0 saturated heterocycles. The largest absolute Gasteiger partial charge is 0.341 e. The molecule has 0 fully saturated rings. The molecule has 0 atom stereocenters. The van der Waals surface area contributed by atoms with Gasteiger partial charge in [0.1, 0.15) is 0 Å². The second kappa shape index (κ2) is 6.68. The van der Waals surface area contributed by atoms with Gasteiger partial charge in [-0.2, -0.15) is 4.98 Å². The van der Waals surface area contributed by atoms with Crippen LogP contribution in [-0.2, 0) is 17.6 Å². The molecule has 1 aromatic heterocycles. The second-order valence-corrected chi connectivity index (χ2v) is 4.40. The molecule has 0 unspecified atom stereocenters. The lowest BCUT2D eigenvalue weighted by molar-refractivity contribution is -0.115. The third kappa shape index (κ3) is 4.21. The van der Waals surface area contributed by atoms with Crippen molar-refractivity contribution >= 4 is 11.9 Å². The maximum Gasteiger partial charge on any atom is 0.269 e. The van der Waals surface area contributed by atoms with Gasteiger partial charge in [0, 0.05) is 0 Å².